The largest absolute Gasteiger partial charge is 0.490 e. The number of hydrogen-bond acceptors (Lipinski definition) is 5. The highest BCUT2D eigenvalue weighted by atomic mass is 127. The maximum atomic E-state index is 13.6. The van der Waals surface area contributed by atoms with Gasteiger partial charge in [0.2, 0.25) is 0 Å². The maximum Gasteiger partial charge on any atom is 0.191 e. The summed E-state index contributed by atoms with van der Waals surface area (Å²) in [7, 11) is -1.61. The summed E-state index contributed by atoms with van der Waals surface area (Å²) in [5.41, 5.74) is 1.12. The van der Waals surface area contributed by atoms with Crippen LogP contribution in [0.25, 0.3) is 0 Å². The first kappa shape index (κ1) is 24.1. The Balaban J connectivity index is 0.00000392. The summed E-state index contributed by atoms with van der Waals surface area (Å²) < 4.78 is 42.2. The number of nitrogens with one attached hydrogen (secondary N) is 2. The van der Waals surface area contributed by atoms with E-state index in [1.807, 2.05) is 6.07 Å². The van der Waals surface area contributed by atoms with Crippen LogP contribution in [-0.2, 0) is 22.1 Å². The molecule has 28 heavy (non-hydrogen) atoms. The van der Waals surface area contributed by atoms with Crippen molar-refractivity contribution in [2.24, 2.45) is 4.99 Å². The zero-order valence-corrected chi connectivity index (χ0v) is 18.8. The number of ether oxygens (including phenoxy) is 1. The van der Waals surface area contributed by atoms with Gasteiger partial charge >= 0.3 is 0 Å². The lowest BCUT2D eigenvalue weighted by Crippen LogP contribution is -2.39. The van der Waals surface area contributed by atoms with E-state index in [1.54, 1.807) is 25.5 Å². The Morgan fingerprint density at radius 1 is 1.25 bits per heavy atom. The van der Waals surface area contributed by atoms with Gasteiger partial charge in [0, 0.05) is 26.0 Å². The fourth-order valence-electron chi connectivity index (χ4n) is 2.35. The summed E-state index contributed by atoms with van der Waals surface area (Å²) in [6.07, 6.45) is 4.44. The second-order valence-electron chi connectivity index (χ2n) is 5.87. The number of guanidine groups is 1. The Kier molecular flexibility index (Phi) is 10.1. The SMILES string of the molecule is CN=C(NCCOc1cccnc1)NCc1cc(F)ccc1CS(C)(=O)=O.I. The number of halogens is 2. The van der Waals surface area contributed by atoms with Gasteiger partial charge in [0.15, 0.2) is 15.8 Å². The van der Waals surface area contributed by atoms with Gasteiger partial charge in [0.05, 0.1) is 18.5 Å². The minimum Gasteiger partial charge on any atom is -0.490 e. The molecule has 0 fully saturated rings. The molecule has 0 saturated heterocycles. The number of pyridine rings is 1. The minimum absolute atomic E-state index is 0. The van der Waals surface area contributed by atoms with Crippen LogP contribution >= 0.6 is 24.0 Å². The van der Waals surface area contributed by atoms with Gasteiger partial charge in [-0.3, -0.25) is 9.98 Å². The third kappa shape index (κ3) is 8.83. The van der Waals surface area contributed by atoms with Gasteiger partial charge in [0.25, 0.3) is 0 Å². The smallest absolute Gasteiger partial charge is 0.191 e. The fourth-order valence-corrected chi connectivity index (χ4v) is 3.20. The van der Waals surface area contributed by atoms with E-state index < -0.39 is 15.7 Å². The lowest BCUT2D eigenvalue weighted by atomic mass is 10.1. The number of aliphatic imine (C=N–C) groups is 1. The van der Waals surface area contributed by atoms with Crippen LogP contribution in [0.3, 0.4) is 0 Å². The lowest BCUT2D eigenvalue weighted by Gasteiger charge is -2.14. The van der Waals surface area contributed by atoms with Gasteiger partial charge in [-0.25, -0.2) is 12.8 Å². The molecular formula is C18H24FIN4O3S. The molecule has 154 valence electrons. The van der Waals surface area contributed by atoms with Crippen LogP contribution in [0.4, 0.5) is 4.39 Å². The Hall–Kier alpha value is -1.95. The van der Waals surface area contributed by atoms with Crippen molar-refractivity contribution in [1.82, 2.24) is 15.6 Å². The molecule has 0 aliphatic rings. The second kappa shape index (κ2) is 11.8. The van der Waals surface area contributed by atoms with Gasteiger partial charge in [-0.15, -0.1) is 24.0 Å². The predicted molar refractivity (Wildman–Crippen MR) is 118 cm³/mol. The van der Waals surface area contributed by atoms with Gasteiger partial charge < -0.3 is 15.4 Å². The van der Waals surface area contributed by atoms with E-state index in [0.717, 1.165) is 6.26 Å². The standard InChI is InChI=1S/C18H23FN4O3S.HI/c1-20-18(22-8-9-26-17-4-3-7-21-12-17)23-11-15-10-16(19)6-5-14(15)13-27(2,24)25;/h3-7,10,12H,8-9,11,13H2,1-2H3,(H2,20,22,23);1H. The van der Waals surface area contributed by atoms with Crippen LogP contribution in [0.5, 0.6) is 5.75 Å². The van der Waals surface area contributed by atoms with Crippen molar-refractivity contribution in [1.29, 1.82) is 0 Å². The molecule has 10 heteroatoms. The van der Waals surface area contributed by atoms with E-state index in [-0.39, 0.29) is 36.3 Å². The highest BCUT2D eigenvalue weighted by Crippen LogP contribution is 2.14. The van der Waals surface area contributed by atoms with Crippen LogP contribution in [0.1, 0.15) is 11.1 Å². The molecule has 0 unspecified atom stereocenters. The number of sulfone groups is 1. The Morgan fingerprint density at radius 3 is 2.68 bits per heavy atom. The zero-order valence-electron chi connectivity index (χ0n) is 15.7. The normalized spacial score (nSPS) is 11.5. The van der Waals surface area contributed by atoms with Crippen LogP contribution in [0, 0.1) is 5.82 Å². The molecule has 0 radical (unpaired) electrons. The predicted octanol–water partition coefficient (Wildman–Crippen LogP) is 2.13. The highest BCUT2D eigenvalue weighted by Gasteiger charge is 2.11. The van der Waals surface area contributed by atoms with Gasteiger partial charge in [-0.05, 0) is 35.4 Å². The third-order valence-electron chi connectivity index (χ3n) is 3.55. The van der Waals surface area contributed by atoms with E-state index in [0.29, 0.717) is 36.0 Å². The molecule has 1 heterocycles. The van der Waals surface area contributed by atoms with E-state index in [4.69, 9.17) is 4.74 Å². The summed E-state index contributed by atoms with van der Waals surface area (Å²) in [5, 5.41) is 6.12. The minimum atomic E-state index is -3.22. The number of aromatic nitrogens is 1. The average molecular weight is 522 g/mol. The molecule has 0 amide bonds. The first-order valence-corrected chi connectivity index (χ1v) is 10.4. The second-order valence-corrected chi connectivity index (χ2v) is 8.01. The number of rotatable bonds is 8. The van der Waals surface area contributed by atoms with Crippen molar-refractivity contribution in [3.63, 3.8) is 0 Å². The van der Waals surface area contributed by atoms with Crippen molar-refractivity contribution in [3.05, 3.63) is 59.7 Å². The van der Waals surface area contributed by atoms with E-state index >= 15 is 0 Å². The number of nitrogens with zero attached hydrogens (tertiary/aromatic N) is 2. The van der Waals surface area contributed by atoms with E-state index in [9.17, 15) is 12.8 Å². The quantitative estimate of drug-likeness (QED) is 0.239. The molecule has 7 nitrogen and oxygen atoms in total. The Bertz CT molecular complexity index is 880. The maximum absolute atomic E-state index is 13.6. The summed E-state index contributed by atoms with van der Waals surface area (Å²) in [6, 6.07) is 7.67. The van der Waals surface area contributed by atoms with Crippen LogP contribution < -0.4 is 15.4 Å². The van der Waals surface area contributed by atoms with Crippen molar-refractivity contribution in [2.75, 3.05) is 26.5 Å². The monoisotopic (exact) mass is 522 g/mol. The summed E-state index contributed by atoms with van der Waals surface area (Å²) in [4.78, 5) is 8.05. The molecule has 0 saturated carbocycles. The molecular weight excluding hydrogens is 498 g/mol. The molecule has 0 atom stereocenters. The van der Waals surface area contributed by atoms with Crippen molar-refractivity contribution in [3.8, 4) is 5.75 Å². The third-order valence-corrected chi connectivity index (χ3v) is 4.39. The van der Waals surface area contributed by atoms with E-state index in [1.165, 1.54) is 18.2 Å². The molecule has 2 rings (SSSR count). The fraction of sp³-hybridized carbons (Fsp3) is 0.333. The first-order chi connectivity index (χ1) is 12.9. The van der Waals surface area contributed by atoms with Crippen LogP contribution in [0.2, 0.25) is 0 Å². The molecule has 2 N–H and O–H groups in total. The number of benzene rings is 1. The zero-order chi connectivity index (χ0) is 19.7. The van der Waals surface area contributed by atoms with Gasteiger partial charge in [-0.2, -0.15) is 0 Å². The molecule has 2 aromatic rings. The van der Waals surface area contributed by atoms with E-state index in [2.05, 4.69) is 20.6 Å². The van der Waals surface area contributed by atoms with Crippen molar-refractivity contribution < 1.29 is 17.5 Å². The van der Waals surface area contributed by atoms with Crippen molar-refractivity contribution in [2.45, 2.75) is 12.3 Å². The molecule has 0 aliphatic heterocycles. The van der Waals surface area contributed by atoms with Gasteiger partial charge in [-0.1, -0.05) is 6.07 Å². The molecule has 1 aromatic carbocycles. The molecule has 0 bridgehead atoms. The lowest BCUT2D eigenvalue weighted by molar-refractivity contribution is 0.320. The Labute approximate surface area is 181 Å². The molecule has 0 aliphatic carbocycles. The summed E-state index contributed by atoms with van der Waals surface area (Å²) in [6.45, 7) is 1.14. The summed E-state index contributed by atoms with van der Waals surface area (Å²) in [5.74, 6) is 0.610. The topological polar surface area (TPSA) is 92.7 Å². The number of hydrogen-bond donors (Lipinski definition) is 2. The first-order valence-electron chi connectivity index (χ1n) is 8.30. The van der Waals surface area contributed by atoms with Crippen LogP contribution in [-0.4, -0.2) is 45.8 Å². The van der Waals surface area contributed by atoms with Crippen molar-refractivity contribution >= 4 is 39.8 Å². The Morgan fingerprint density at radius 2 is 2.04 bits per heavy atom. The van der Waals surface area contributed by atoms with Gasteiger partial charge in [0.1, 0.15) is 18.2 Å². The molecule has 1 aromatic heterocycles. The highest BCUT2D eigenvalue weighted by molar-refractivity contribution is 14.0. The average Bonchev–Trinajstić information content (AvgIpc) is 2.63. The summed E-state index contributed by atoms with van der Waals surface area (Å²) >= 11 is 0. The molecule has 0 spiro atoms. The van der Waals surface area contributed by atoms with Crippen LogP contribution in [0.15, 0.2) is 47.7 Å².